The summed E-state index contributed by atoms with van der Waals surface area (Å²) in [7, 11) is 0. The van der Waals surface area contributed by atoms with Gasteiger partial charge in [-0.25, -0.2) is 4.79 Å². The second-order valence-corrected chi connectivity index (χ2v) is 2.57. The van der Waals surface area contributed by atoms with Gasteiger partial charge in [-0.15, -0.1) is 0 Å². The fraction of sp³-hybridized carbons (Fsp3) is 0.444. The summed E-state index contributed by atoms with van der Waals surface area (Å²) in [6.45, 7) is 2.48. The number of hydrogen-bond donors (Lipinski definition) is 4. The molecule has 0 heterocycles. The average Bonchev–Trinajstić information content (AvgIpc) is 2.26. The van der Waals surface area contributed by atoms with Gasteiger partial charge in [0.25, 0.3) is 0 Å². The minimum Gasteiger partial charge on any atom is -0.481 e. The van der Waals surface area contributed by atoms with Crippen LogP contribution in [0.4, 0.5) is 0 Å². The molecule has 98 valence electrons. The topological polar surface area (TPSA) is 141 Å². The molecule has 0 bridgehead atoms. The summed E-state index contributed by atoms with van der Waals surface area (Å²) >= 11 is 0. The Labute approximate surface area is 96.8 Å². The first-order valence-electron chi connectivity index (χ1n) is 4.39. The van der Waals surface area contributed by atoms with Crippen molar-refractivity contribution in [1.29, 1.82) is 0 Å². The molecule has 0 amide bonds. The fourth-order valence-corrected chi connectivity index (χ4v) is 0.433. The Kier molecular flexibility index (Phi) is 10.9. The minimum absolute atomic E-state index is 0.296. The van der Waals surface area contributed by atoms with Crippen LogP contribution in [0.1, 0.15) is 12.8 Å². The van der Waals surface area contributed by atoms with E-state index < -0.39 is 30.8 Å². The monoisotopic (exact) mass is 250 g/mol. The van der Waals surface area contributed by atoms with Crippen molar-refractivity contribution in [3.8, 4) is 0 Å². The second-order valence-electron chi connectivity index (χ2n) is 2.57. The van der Waals surface area contributed by atoms with E-state index in [1.165, 1.54) is 0 Å². The Hall–Kier alpha value is -1.93. The Morgan fingerprint density at radius 2 is 1.59 bits per heavy atom. The highest BCUT2D eigenvalue weighted by Gasteiger charge is 2.04. The van der Waals surface area contributed by atoms with Gasteiger partial charge in [0.2, 0.25) is 6.29 Å². The van der Waals surface area contributed by atoms with Gasteiger partial charge < -0.3 is 25.2 Å². The molecule has 0 aromatic carbocycles. The third kappa shape index (κ3) is 16.7. The third-order valence-electron chi connectivity index (χ3n) is 1.13. The van der Waals surface area contributed by atoms with E-state index in [4.69, 9.17) is 20.4 Å². The van der Waals surface area contributed by atoms with Crippen LogP contribution >= 0.6 is 0 Å². The summed E-state index contributed by atoms with van der Waals surface area (Å²) in [5.41, 5.74) is 0. The van der Waals surface area contributed by atoms with Gasteiger partial charge in [0.05, 0.1) is 12.8 Å². The van der Waals surface area contributed by atoms with Crippen LogP contribution in [0.5, 0.6) is 0 Å². The molecular weight excluding hydrogens is 236 g/mol. The SMILES string of the molecule is C=CC(=O)OC(O)CO.O=C(O)CCC(=O)O. The predicted molar refractivity (Wildman–Crippen MR) is 53.9 cm³/mol. The highest BCUT2D eigenvalue weighted by Crippen LogP contribution is 1.86. The molecular formula is C9H14O8. The van der Waals surface area contributed by atoms with Gasteiger partial charge in [-0.2, -0.15) is 0 Å². The molecule has 0 saturated carbocycles. The Bertz CT molecular complexity index is 258. The lowest BCUT2D eigenvalue weighted by atomic mass is 10.3. The van der Waals surface area contributed by atoms with E-state index in [2.05, 4.69) is 11.3 Å². The molecule has 0 rings (SSSR count). The highest BCUT2D eigenvalue weighted by atomic mass is 16.6. The predicted octanol–water partition coefficient (Wildman–Crippen LogP) is -1.04. The number of carbonyl (C=O) groups is 3. The molecule has 0 aliphatic heterocycles. The van der Waals surface area contributed by atoms with Gasteiger partial charge in [0.1, 0.15) is 6.61 Å². The smallest absolute Gasteiger partial charge is 0.332 e. The lowest BCUT2D eigenvalue weighted by molar-refractivity contribution is -0.167. The normalized spacial score (nSPS) is 10.5. The molecule has 4 N–H and O–H groups in total. The summed E-state index contributed by atoms with van der Waals surface area (Å²) in [6, 6.07) is 0. The number of carboxylic acid groups (broad SMARTS) is 2. The van der Waals surface area contributed by atoms with Crippen LogP contribution in [0.2, 0.25) is 0 Å². The lowest BCUT2D eigenvalue weighted by Crippen LogP contribution is -2.19. The number of carbonyl (C=O) groups excluding carboxylic acids is 1. The van der Waals surface area contributed by atoms with Gasteiger partial charge >= 0.3 is 17.9 Å². The summed E-state index contributed by atoms with van der Waals surface area (Å²) in [4.78, 5) is 29.5. The molecule has 0 saturated heterocycles. The molecule has 0 spiro atoms. The fourth-order valence-electron chi connectivity index (χ4n) is 0.433. The lowest BCUT2D eigenvalue weighted by Gasteiger charge is -2.04. The molecule has 1 atom stereocenters. The number of rotatable bonds is 6. The highest BCUT2D eigenvalue weighted by molar-refractivity contribution is 5.81. The van der Waals surface area contributed by atoms with Gasteiger partial charge in [-0.1, -0.05) is 6.58 Å². The summed E-state index contributed by atoms with van der Waals surface area (Å²) in [5, 5.41) is 32.3. The van der Waals surface area contributed by atoms with E-state index in [1.54, 1.807) is 0 Å². The first-order valence-corrected chi connectivity index (χ1v) is 4.39. The molecule has 0 aromatic heterocycles. The quantitative estimate of drug-likeness (QED) is 0.266. The maximum Gasteiger partial charge on any atom is 0.332 e. The number of esters is 1. The first-order chi connectivity index (χ1) is 7.83. The van der Waals surface area contributed by atoms with Crippen LogP contribution in [-0.2, 0) is 19.1 Å². The standard InChI is InChI=1S/C5H8O4.C4H6O4/c1-2-4(7)9-5(8)3-6;5-3(6)1-2-4(7)8/h2,5-6,8H,1,3H2;1-2H2,(H,5,6)(H,7,8). The van der Waals surface area contributed by atoms with Gasteiger partial charge in [-0.05, 0) is 0 Å². The van der Waals surface area contributed by atoms with Crippen molar-refractivity contribution in [1.82, 2.24) is 0 Å². The van der Waals surface area contributed by atoms with E-state index >= 15 is 0 Å². The zero-order chi connectivity index (χ0) is 13.8. The van der Waals surface area contributed by atoms with Crippen molar-refractivity contribution >= 4 is 17.9 Å². The molecule has 17 heavy (non-hydrogen) atoms. The van der Waals surface area contributed by atoms with Crippen LogP contribution in [0.3, 0.4) is 0 Å². The maximum atomic E-state index is 10.2. The van der Waals surface area contributed by atoms with Crippen LogP contribution in [-0.4, -0.2) is 51.2 Å². The number of aliphatic carboxylic acids is 2. The van der Waals surface area contributed by atoms with E-state index in [9.17, 15) is 14.4 Å². The molecule has 8 nitrogen and oxygen atoms in total. The number of aliphatic hydroxyl groups excluding tert-OH is 2. The zero-order valence-corrected chi connectivity index (χ0v) is 8.90. The van der Waals surface area contributed by atoms with Gasteiger partial charge in [0, 0.05) is 6.08 Å². The van der Waals surface area contributed by atoms with Gasteiger partial charge in [-0.3, -0.25) is 9.59 Å². The van der Waals surface area contributed by atoms with Gasteiger partial charge in [0.15, 0.2) is 0 Å². The zero-order valence-electron chi connectivity index (χ0n) is 8.90. The van der Waals surface area contributed by atoms with Crippen molar-refractivity contribution < 1.29 is 39.5 Å². The summed E-state index contributed by atoms with van der Waals surface area (Å²) in [6.07, 6.45) is -1.13. The molecule has 0 radical (unpaired) electrons. The Morgan fingerprint density at radius 1 is 1.18 bits per heavy atom. The van der Waals surface area contributed by atoms with Crippen molar-refractivity contribution in [3.05, 3.63) is 12.7 Å². The number of aliphatic hydroxyl groups is 2. The van der Waals surface area contributed by atoms with Crippen molar-refractivity contribution in [2.24, 2.45) is 0 Å². The number of hydrogen-bond acceptors (Lipinski definition) is 6. The molecule has 0 aliphatic rings. The second kappa shape index (κ2) is 10.6. The van der Waals surface area contributed by atoms with Crippen molar-refractivity contribution in [3.63, 3.8) is 0 Å². The number of ether oxygens (including phenoxy) is 1. The van der Waals surface area contributed by atoms with Crippen LogP contribution in [0.25, 0.3) is 0 Å². The molecule has 0 aliphatic carbocycles. The molecule has 8 heteroatoms. The van der Waals surface area contributed by atoms with E-state index in [1.807, 2.05) is 0 Å². The van der Waals surface area contributed by atoms with Crippen LogP contribution in [0, 0.1) is 0 Å². The van der Waals surface area contributed by atoms with E-state index in [0.29, 0.717) is 0 Å². The maximum absolute atomic E-state index is 10.2. The molecule has 0 aromatic rings. The molecule has 0 fully saturated rings. The average molecular weight is 250 g/mol. The van der Waals surface area contributed by atoms with Crippen molar-refractivity contribution in [2.45, 2.75) is 19.1 Å². The number of carboxylic acids is 2. The largest absolute Gasteiger partial charge is 0.481 e. The van der Waals surface area contributed by atoms with Crippen LogP contribution < -0.4 is 0 Å². The Balaban J connectivity index is 0. The third-order valence-corrected chi connectivity index (χ3v) is 1.13. The Morgan fingerprint density at radius 3 is 1.82 bits per heavy atom. The summed E-state index contributed by atoms with van der Waals surface area (Å²) in [5.74, 6) is -2.91. The first kappa shape index (κ1) is 17.5. The van der Waals surface area contributed by atoms with Crippen LogP contribution in [0.15, 0.2) is 12.7 Å². The minimum atomic E-state index is -1.43. The van der Waals surface area contributed by atoms with E-state index in [0.717, 1.165) is 6.08 Å². The summed E-state index contributed by atoms with van der Waals surface area (Å²) < 4.78 is 4.10. The molecule has 1 unspecified atom stereocenters. The van der Waals surface area contributed by atoms with Crippen molar-refractivity contribution in [2.75, 3.05) is 6.61 Å². The van der Waals surface area contributed by atoms with E-state index in [-0.39, 0.29) is 12.8 Å².